The molecule has 1 aromatic carbocycles. The molecule has 0 radical (unpaired) electrons. The van der Waals surface area contributed by atoms with Crippen molar-refractivity contribution in [3.63, 3.8) is 0 Å². The summed E-state index contributed by atoms with van der Waals surface area (Å²) in [5, 5.41) is 4.04. The Hall–Kier alpha value is -2.83. The predicted molar refractivity (Wildman–Crippen MR) is 85.0 cm³/mol. The Labute approximate surface area is 128 Å². The second-order valence-corrected chi connectivity index (χ2v) is 4.45. The van der Waals surface area contributed by atoms with Crippen LogP contribution in [-0.2, 0) is 0 Å². The highest BCUT2D eigenvalue weighted by Crippen LogP contribution is 2.27. The molecule has 0 atom stereocenters. The highest BCUT2D eigenvalue weighted by Gasteiger charge is 2.04. The summed E-state index contributed by atoms with van der Waals surface area (Å²) >= 11 is 0. The Morgan fingerprint density at radius 2 is 2.18 bits per heavy atom. The summed E-state index contributed by atoms with van der Waals surface area (Å²) in [6, 6.07) is 6.89. The smallest absolute Gasteiger partial charge is 0.252 e. The Morgan fingerprint density at radius 1 is 1.36 bits per heavy atom. The van der Waals surface area contributed by atoms with Crippen LogP contribution in [0.1, 0.15) is 18.2 Å². The monoisotopic (exact) mass is 302 g/mol. The van der Waals surface area contributed by atoms with Crippen LogP contribution >= 0.6 is 0 Å². The zero-order valence-electron chi connectivity index (χ0n) is 12.7. The lowest BCUT2D eigenvalue weighted by Crippen LogP contribution is -2.10. The molecular formula is C15H18N4O3. The number of rotatable bonds is 6. The van der Waals surface area contributed by atoms with Crippen LogP contribution in [0.25, 0.3) is 0 Å². The van der Waals surface area contributed by atoms with Gasteiger partial charge in [0.25, 0.3) is 5.56 Å². The van der Waals surface area contributed by atoms with E-state index in [1.54, 1.807) is 20.2 Å². The largest absolute Gasteiger partial charge is 0.493 e. The standard InChI is InChI=1S/C15H18N4O3/c1-4-22-12-6-5-11(8-13(12)21-3)9-16-19-15-17-10(2)7-14(20)18-15/h5-9H,4H2,1-3H3,(H2,17,18,19,20)/b16-9-. The average Bonchev–Trinajstić information content (AvgIpc) is 2.48. The van der Waals surface area contributed by atoms with Crippen LogP contribution in [0.2, 0.25) is 0 Å². The van der Waals surface area contributed by atoms with E-state index in [2.05, 4.69) is 20.5 Å². The third-order valence-electron chi connectivity index (χ3n) is 2.74. The van der Waals surface area contributed by atoms with Gasteiger partial charge in [0.15, 0.2) is 11.5 Å². The number of nitrogens with zero attached hydrogens (tertiary/aromatic N) is 2. The molecule has 2 N–H and O–H groups in total. The Bertz CT molecular complexity index is 725. The number of benzene rings is 1. The Balaban J connectivity index is 2.11. The van der Waals surface area contributed by atoms with Gasteiger partial charge in [-0.05, 0) is 37.6 Å². The molecule has 1 aromatic heterocycles. The van der Waals surface area contributed by atoms with Crippen LogP contribution in [0.4, 0.5) is 5.95 Å². The zero-order valence-corrected chi connectivity index (χ0v) is 12.7. The number of H-pyrrole nitrogens is 1. The lowest BCUT2D eigenvalue weighted by atomic mass is 10.2. The van der Waals surface area contributed by atoms with E-state index < -0.39 is 0 Å². The van der Waals surface area contributed by atoms with Crippen molar-refractivity contribution in [3.05, 3.63) is 45.9 Å². The van der Waals surface area contributed by atoms with Crippen molar-refractivity contribution in [2.45, 2.75) is 13.8 Å². The van der Waals surface area contributed by atoms with Gasteiger partial charge in [0.05, 0.1) is 19.9 Å². The number of methoxy groups -OCH3 is 1. The number of aromatic amines is 1. The van der Waals surface area contributed by atoms with Crippen LogP contribution < -0.4 is 20.5 Å². The maximum Gasteiger partial charge on any atom is 0.252 e. The average molecular weight is 302 g/mol. The summed E-state index contributed by atoms with van der Waals surface area (Å²) in [4.78, 5) is 18.0. The Morgan fingerprint density at radius 3 is 2.86 bits per heavy atom. The van der Waals surface area contributed by atoms with Gasteiger partial charge in [-0.25, -0.2) is 10.4 Å². The van der Waals surface area contributed by atoms with Crippen LogP contribution in [-0.4, -0.2) is 29.9 Å². The maximum absolute atomic E-state index is 11.3. The summed E-state index contributed by atoms with van der Waals surface area (Å²) in [6.07, 6.45) is 1.60. The van der Waals surface area contributed by atoms with E-state index in [0.717, 1.165) is 5.56 Å². The molecular weight excluding hydrogens is 284 g/mol. The van der Waals surface area contributed by atoms with Crippen molar-refractivity contribution in [2.24, 2.45) is 5.10 Å². The molecule has 7 nitrogen and oxygen atoms in total. The van der Waals surface area contributed by atoms with Crippen molar-refractivity contribution >= 4 is 12.2 Å². The van der Waals surface area contributed by atoms with E-state index in [4.69, 9.17) is 9.47 Å². The van der Waals surface area contributed by atoms with E-state index in [0.29, 0.717) is 29.7 Å². The number of aromatic nitrogens is 2. The predicted octanol–water partition coefficient (Wildman–Crippen LogP) is 1.93. The molecule has 116 valence electrons. The lowest BCUT2D eigenvalue weighted by molar-refractivity contribution is 0.311. The van der Waals surface area contributed by atoms with Crippen LogP contribution in [0, 0.1) is 6.92 Å². The second-order valence-electron chi connectivity index (χ2n) is 4.45. The molecule has 0 aliphatic carbocycles. The molecule has 0 spiro atoms. The molecule has 0 unspecified atom stereocenters. The van der Waals surface area contributed by atoms with Crippen molar-refractivity contribution in [2.75, 3.05) is 19.1 Å². The minimum Gasteiger partial charge on any atom is -0.493 e. The second kappa shape index (κ2) is 7.26. The molecule has 2 aromatic rings. The first-order valence-electron chi connectivity index (χ1n) is 6.80. The minimum absolute atomic E-state index is 0.229. The summed E-state index contributed by atoms with van der Waals surface area (Å²) in [6.45, 7) is 4.22. The summed E-state index contributed by atoms with van der Waals surface area (Å²) < 4.78 is 10.7. The lowest BCUT2D eigenvalue weighted by Gasteiger charge is -2.09. The number of hydrogen-bond donors (Lipinski definition) is 2. The highest BCUT2D eigenvalue weighted by atomic mass is 16.5. The fourth-order valence-corrected chi connectivity index (χ4v) is 1.84. The van der Waals surface area contributed by atoms with Gasteiger partial charge in [-0.1, -0.05) is 0 Å². The number of anilines is 1. The third-order valence-corrected chi connectivity index (χ3v) is 2.74. The third kappa shape index (κ3) is 4.08. The first-order chi connectivity index (χ1) is 10.6. The minimum atomic E-state index is -0.229. The number of hydrazone groups is 1. The van der Waals surface area contributed by atoms with Crippen molar-refractivity contribution in [1.82, 2.24) is 9.97 Å². The molecule has 1 heterocycles. The number of aryl methyl sites for hydroxylation is 1. The zero-order chi connectivity index (χ0) is 15.9. The van der Waals surface area contributed by atoms with Gasteiger partial charge in [-0.15, -0.1) is 0 Å². The first kappa shape index (κ1) is 15.6. The quantitative estimate of drug-likeness (QED) is 0.629. The SMILES string of the molecule is CCOc1ccc(/C=N\Nc2nc(C)cc(=O)[nH]2)cc1OC. The molecule has 0 amide bonds. The summed E-state index contributed by atoms with van der Waals surface area (Å²) in [5.41, 5.74) is 3.89. The van der Waals surface area contributed by atoms with Crippen LogP contribution in [0.15, 0.2) is 34.2 Å². The highest BCUT2D eigenvalue weighted by molar-refractivity contribution is 5.81. The van der Waals surface area contributed by atoms with Gasteiger partial charge in [-0.2, -0.15) is 5.10 Å². The number of ether oxygens (including phenoxy) is 2. The van der Waals surface area contributed by atoms with Crippen molar-refractivity contribution in [3.8, 4) is 11.5 Å². The Kier molecular flexibility index (Phi) is 5.13. The van der Waals surface area contributed by atoms with Gasteiger partial charge in [0, 0.05) is 11.8 Å². The maximum atomic E-state index is 11.3. The van der Waals surface area contributed by atoms with E-state index in [1.807, 2.05) is 25.1 Å². The first-order valence-corrected chi connectivity index (χ1v) is 6.80. The molecule has 0 aliphatic heterocycles. The van der Waals surface area contributed by atoms with Crippen LogP contribution in [0.5, 0.6) is 11.5 Å². The molecule has 7 heteroatoms. The summed E-state index contributed by atoms with van der Waals surface area (Å²) in [7, 11) is 1.58. The van der Waals surface area contributed by atoms with Crippen LogP contribution in [0.3, 0.4) is 0 Å². The van der Waals surface area contributed by atoms with E-state index in [1.165, 1.54) is 6.07 Å². The normalized spacial score (nSPS) is 10.7. The van der Waals surface area contributed by atoms with Gasteiger partial charge in [-0.3, -0.25) is 9.78 Å². The molecule has 0 saturated carbocycles. The molecule has 2 rings (SSSR count). The molecule has 0 bridgehead atoms. The summed E-state index contributed by atoms with van der Waals surface area (Å²) in [5.74, 6) is 1.60. The molecule has 0 saturated heterocycles. The van der Waals surface area contributed by atoms with Gasteiger partial charge >= 0.3 is 0 Å². The van der Waals surface area contributed by atoms with Gasteiger partial charge in [0.2, 0.25) is 5.95 Å². The van der Waals surface area contributed by atoms with Gasteiger partial charge in [0.1, 0.15) is 0 Å². The van der Waals surface area contributed by atoms with Gasteiger partial charge < -0.3 is 9.47 Å². The number of nitrogens with one attached hydrogen (secondary N) is 2. The van der Waals surface area contributed by atoms with E-state index in [9.17, 15) is 4.79 Å². The fourth-order valence-electron chi connectivity index (χ4n) is 1.84. The molecule has 22 heavy (non-hydrogen) atoms. The number of hydrogen-bond acceptors (Lipinski definition) is 6. The van der Waals surface area contributed by atoms with Crippen molar-refractivity contribution < 1.29 is 9.47 Å². The molecule has 0 aliphatic rings. The molecule has 0 fully saturated rings. The van der Waals surface area contributed by atoms with E-state index >= 15 is 0 Å². The van der Waals surface area contributed by atoms with Crippen molar-refractivity contribution in [1.29, 1.82) is 0 Å². The fraction of sp³-hybridized carbons (Fsp3) is 0.267. The van der Waals surface area contributed by atoms with E-state index in [-0.39, 0.29) is 5.56 Å². The topological polar surface area (TPSA) is 88.6 Å².